The summed E-state index contributed by atoms with van der Waals surface area (Å²) in [5, 5.41) is 0. The maximum absolute atomic E-state index is 12.7. The summed E-state index contributed by atoms with van der Waals surface area (Å²) in [5.41, 5.74) is 1.54. The molecule has 0 radical (unpaired) electrons. The highest BCUT2D eigenvalue weighted by atomic mass is 16.2. The molecule has 1 saturated heterocycles. The van der Waals surface area contributed by atoms with Crippen LogP contribution < -0.4 is 4.90 Å². The number of rotatable bonds is 2. The van der Waals surface area contributed by atoms with Crippen molar-refractivity contribution in [3.8, 4) is 0 Å². The number of hydrogen-bond donors (Lipinski definition) is 0. The Morgan fingerprint density at radius 3 is 2.61 bits per heavy atom. The van der Waals surface area contributed by atoms with E-state index in [4.69, 9.17) is 0 Å². The van der Waals surface area contributed by atoms with E-state index in [2.05, 4.69) is 14.9 Å². The lowest BCUT2D eigenvalue weighted by Gasteiger charge is -2.35. The van der Waals surface area contributed by atoms with Gasteiger partial charge >= 0.3 is 0 Å². The summed E-state index contributed by atoms with van der Waals surface area (Å²) in [5.74, 6) is 1.04. The highest BCUT2D eigenvalue weighted by Crippen LogP contribution is 2.15. The van der Waals surface area contributed by atoms with Gasteiger partial charge in [0.2, 0.25) is 0 Å². The topological polar surface area (TPSA) is 53.7 Å². The second kappa shape index (κ2) is 5.72. The number of imidazole rings is 1. The molecule has 0 spiro atoms. The van der Waals surface area contributed by atoms with Gasteiger partial charge in [-0.2, -0.15) is 0 Å². The van der Waals surface area contributed by atoms with Gasteiger partial charge in [0.25, 0.3) is 5.91 Å². The first-order valence-corrected chi connectivity index (χ1v) is 7.69. The van der Waals surface area contributed by atoms with Crippen molar-refractivity contribution in [2.45, 2.75) is 0 Å². The normalized spacial score (nSPS) is 15.1. The van der Waals surface area contributed by atoms with E-state index in [0.717, 1.165) is 24.6 Å². The minimum atomic E-state index is 0.0706. The molecule has 4 rings (SSSR count). The van der Waals surface area contributed by atoms with E-state index < -0.39 is 0 Å². The first-order valence-electron chi connectivity index (χ1n) is 7.69. The number of fused-ring (bicyclic) bond motifs is 1. The minimum absolute atomic E-state index is 0.0706. The van der Waals surface area contributed by atoms with Crippen molar-refractivity contribution in [1.82, 2.24) is 19.3 Å². The maximum Gasteiger partial charge on any atom is 0.255 e. The van der Waals surface area contributed by atoms with Gasteiger partial charge in [-0.25, -0.2) is 9.97 Å². The van der Waals surface area contributed by atoms with Crippen molar-refractivity contribution < 1.29 is 4.79 Å². The van der Waals surface area contributed by atoms with Crippen LogP contribution in [0.4, 0.5) is 5.82 Å². The Morgan fingerprint density at radius 1 is 0.957 bits per heavy atom. The fourth-order valence-electron chi connectivity index (χ4n) is 2.91. The van der Waals surface area contributed by atoms with Crippen molar-refractivity contribution in [3.05, 3.63) is 60.7 Å². The molecule has 116 valence electrons. The number of carbonyl (C=O) groups is 1. The van der Waals surface area contributed by atoms with Crippen LogP contribution in [0.1, 0.15) is 10.4 Å². The first kappa shape index (κ1) is 13.8. The monoisotopic (exact) mass is 307 g/mol. The smallest absolute Gasteiger partial charge is 0.255 e. The van der Waals surface area contributed by atoms with Crippen LogP contribution in [0.25, 0.3) is 5.65 Å². The zero-order chi connectivity index (χ0) is 15.6. The molecule has 1 fully saturated rings. The SMILES string of the molecule is O=C(c1ccc2nccn2c1)N1CCN(c2ccccn2)CC1. The van der Waals surface area contributed by atoms with Crippen molar-refractivity contribution in [2.24, 2.45) is 0 Å². The van der Waals surface area contributed by atoms with Gasteiger partial charge < -0.3 is 14.2 Å². The third-order valence-electron chi connectivity index (χ3n) is 4.18. The Morgan fingerprint density at radius 2 is 1.83 bits per heavy atom. The summed E-state index contributed by atoms with van der Waals surface area (Å²) in [6, 6.07) is 9.62. The summed E-state index contributed by atoms with van der Waals surface area (Å²) in [6.45, 7) is 3.01. The Hall–Kier alpha value is -2.89. The fraction of sp³-hybridized carbons (Fsp3) is 0.235. The summed E-state index contributed by atoms with van der Waals surface area (Å²) < 4.78 is 1.87. The number of carbonyl (C=O) groups excluding carboxylic acids is 1. The summed E-state index contributed by atoms with van der Waals surface area (Å²) in [6.07, 6.45) is 7.23. The van der Waals surface area contributed by atoms with Crippen LogP contribution in [0.5, 0.6) is 0 Å². The summed E-state index contributed by atoms with van der Waals surface area (Å²) in [7, 11) is 0. The van der Waals surface area contributed by atoms with Gasteiger partial charge in [0.15, 0.2) is 0 Å². The highest BCUT2D eigenvalue weighted by molar-refractivity contribution is 5.94. The molecule has 0 atom stereocenters. The molecule has 3 aromatic rings. The Kier molecular flexibility index (Phi) is 3.42. The van der Waals surface area contributed by atoms with Crippen LogP contribution in [0.15, 0.2) is 55.1 Å². The van der Waals surface area contributed by atoms with Crippen molar-refractivity contribution in [1.29, 1.82) is 0 Å². The number of anilines is 1. The first-order chi connectivity index (χ1) is 11.3. The lowest BCUT2D eigenvalue weighted by Crippen LogP contribution is -2.49. The van der Waals surface area contributed by atoms with Gasteiger partial charge in [0.1, 0.15) is 11.5 Å². The predicted octanol–water partition coefficient (Wildman–Crippen LogP) is 1.69. The predicted molar refractivity (Wildman–Crippen MR) is 87.5 cm³/mol. The Balaban J connectivity index is 1.46. The highest BCUT2D eigenvalue weighted by Gasteiger charge is 2.23. The van der Waals surface area contributed by atoms with Gasteiger partial charge in [-0.15, -0.1) is 0 Å². The molecule has 4 heterocycles. The van der Waals surface area contributed by atoms with E-state index in [0.29, 0.717) is 18.7 Å². The molecule has 6 nitrogen and oxygen atoms in total. The molecule has 1 amide bonds. The van der Waals surface area contributed by atoms with Crippen LogP contribution >= 0.6 is 0 Å². The quantitative estimate of drug-likeness (QED) is 0.723. The number of pyridine rings is 2. The maximum atomic E-state index is 12.7. The molecule has 0 N–H and O–H groups in total. The molecule has 3 aromatic heterocycles. The van der Waals surface area contributed by atoms with E-state index in [9.17, 15) is 4.79 Å². The number of aromatic nitrogens is 3. The fourth-order valence-corrected chi connectivity index (χ4v) is 2.91. The van der Waals surface area contributed by atoms with Gasteiger partial charge in [-0.1, -0.05) is 6.07 Å². The van der Waals surface area contributed by atoms with Crippen LogP contribution in [0.3, 0.4) is 0 Å². The number of nitrogens with zero attached hydrogens (tertiary/aromatic N) is 5. The molecule has 0 unspecified atom stereocenters. The van der Waals surface area contributed by atoms with Crippen LogP contribution in [-0.4, -0.2) is 51.4 Å². The van der Waals surface area contributed by atoms with Gasteiger partial charge in [0, 0.05) is 51.0 Å². The van der Waals surface area contributed by atoms with Crippen LogP contribution in [0.2, 0.25) is 0 Å². The van der Waals surface area contributed by atoms with Crippen molar-refractivity contribution in [2.75, 3.05) is 31.1 Å². The standard InChI is InChI=1S/C17H17N5O/c23-17(14-4-5-16-19-7-8-22(16)13-14)21-11-9-20(10-12-21)15-3-1-2-6-18-15/h1-8,13H,9-12H2. The lowest BCUT2D eigenvalue weighted by atomic mass is 10.2. The average Bonchev–Trinajstić information content (AvgIpc) is 3.10. The third-order valence-corrected chi connectivity index (χ3v) is 4.18. The molecular formula is C17H17N5O. The molecule has 0 saturated carbocycles. The zero-order valence-corrected chi connectivity index (χ0v) is 12.7. The molecule has 0 bridgehead atoms. The van der Waals surface area contributed by atoms with Crippen LogP contribution in [0, 0.1) is 0 Å². The van der Waals surface area contributed by atoms with Gasteiger partial charge in [-0.05, 0) is 24.3 Å². The van der Waals surface area contributed by atoms with Gasteiger partial charge in [0.05, 0.1) is 5.56 Å². The molecule has 23 heavy (non-hydrogen) atoms. The third kappa shape index (κ3) is 2.63. The van der Waals surface area contributed by atoms with E-state index in [1.807, 2.05) is 52.0 Å². The van der Waals surface area contributed by atoms with E-state index in [1.165, 1.54) is 0 Å². The van der Waals surface area contributed by atoms with E-state index >= 15 is 0 Å². The van der Waals surface area contributed by atoms with E-state index in [1.54, 1.807) is 12.4 Å². The molecular weight excluding hydrogens is 290 g/mol. The molecule has 1 aliphatic heterocycles. The summed E-state index contributed by atoms with van der Waals surface area (Å²) >= 11 is 0. The summed E-state index contributed by atoms with van der Waals surface area (Å²) in [4.78, 5) is 25.3. The second-order valence-corrected chi connectivity index (χ2v) is 5.58. The second-order valence-electron chi connectivity index (χ2n) is 5.58. The average molecular weight is 307 g/mol. The Labute approximate surface area is 134 Å². The lowest BCUT2D eigenvalue weighted by molar-refractivity contribution is 0.0746. The molecule has 0 aliphatic carbocycles. The molecule has 6 heteroatoms. The molecule has 0 aromatic carbocycles. The van der Waals surface area contributed by atoms with Crippen molar-refractivity contribution in [3.63, 3.8) is 0 Å². The number of piperazine rings is 1. The molecule has 1 aliphatic rings. The van der Waals surface area contributed by atoms with Crippen molar-refractivity contribution >= 4 is 17.4 Å². The largest absolute Gasteiger partial charge is 0.353 e. The van der Waals surface area contributed by atoms with Gasteiger partial charge in [-0.3, -0.25) is 4.79 Å². The number of hydrogen-bond acceptors (Lipinski definition) is 4. The van der Waals surface area contributed by atoms with E-state index in [-0.39, 0.29) is 5.91 Å². The minimum Gasteiger partial charge on any atom is -0.353 e. The van der Waals surface area contributed by atoms with Crippen LogP contribution in [-0.2, 0) is 0 Å². The number of amides is 1. The zero-order valence-electron chi connectivity index (χ0n) is 12.7. The Bertz CT molecular complexity index is 821.